The number of amides is 1. The highest BCUT2D eigenvalue weighted by molar-refractivity contribution is 6.03. The van der Waals surface area contributed by atoms with Crippen molar-refractivity contribution >= 4 is 11.6 Å². The van der Waals surface area contributed by atoms with Gasteiger partial charge < -0.3 is 4.90 Å². The van der Waals surface area contributed by atoms with Crippen molar-refractivity contribution in [3.63, 3.8) is 0 Å². The Labute approximate surface area is 122 Å². The fraction of sp³-hybridized carbons (Fsp3) is 0.471. The van der Waals surface area contributed by atoms with E-state index in [0.717, 1.165) is 29.1 Å². The van der Waals surface area contributed by atoms with Crippen LogP contribution in [0.1, 0.15) is 50.0 Å². The smallest absolute Gasteiger partial charge is 0.261 e. The summed E-state index contributed by atoms with van der Waals surface area (Å²) in [5.41, 5.74) is 2.85. The second kappa shape index (κ2) is 6.60. The summed E-state index contributed by atoms with van der Waals surface area (Å²) < 4.78 is 0. The quantitative estimate of drug-likeness (QED) is 0.807. The van der Waals surface area contributed by atoms with Crippen LogP contribution < -0.4 is 4.90 Å². The van der Waals surface area contributed by atoms with Crippen LogP contribution in [0.5, 0.6) is 0 Å². The number of hydrogen-bond donors (Lipinski definition) is 0. The normalized spacial score (nSPS) is 15.5. The highest BCUT2D eigenvalue weighted by Gasteiger charge is 2.32. The maximum Gasteiger partial charge on any atom is 0.261 e. The Morgan fingerprint density at radius 1 is 1.30 bits per heavy atom. The zero-order chi connectivity index (χ0) is 15.4. The number of fused-ring (bicyclic) bond motifs is 1. The molecule has 0 bridgehead atoms. The Morgan fingerprint density at radius 2 is 1.90 bits per heavy atom. The van der Waals surface area contributed by atoms with Crippen molar-refractivity contribution in [3.8, 4) is 0 Å². The Balaban J connectivity index is 0.000000956. The van der Waals surface area contributed by atoms with Gasteiger partial charge in [-0.1, -0.05) is 39.0 Å². The third-order valence-corrected chi connectivity index (χ3v) is 3.64. The maximum absolute atomic E-state index is 12.3. The average Bonchev–Trinajstić information content (AvgIpc) is 2.47. The molecule has 0 aromatic heterocycles. The first-order valence-corrected chi connectivity index (χ1v) is 7.34. The maximum atomic E-state index is 12.3. The van der Waals surface area contributed by atoms with Crippen LogP contribution in [0.3, 0.4) is 0 Å². The second-order valence-electron chi connectivity index (χ2n) is 4.93. The molecule has 1 aromatic carbocycles. The predicted molar refractivity (Wildman–Crippen MR) is 86.0 cm³/mol. The van der Waals surface area contributed by atoms with Gasteiger partial charge in [0, 0.05) is 13.1 Å². The number of benzene rings is 1. The summed E-state index contributed by atoms with van der Waals surface area (Å²) in [7, 11) is 1.78. The van der Waals surface area contributed by atoms with Crippen LogP contribution >= 0.6 is 0 Å². The van der Waals surface area contributed by atoms with Gasteiger partial charge in [0.2, 0.25) is 0 Å². The molecule has 0 spiro atoms. The number of rotatable bonds is 2. The summed E-state index contributed by atoms with van der Waals surface area (Å²) in [5, 5.41) is 0. The van der Waals surface area contributed by atoms with Gasteiger partial charge in [-0.15, -0.1) is 0 Å². The third kappa shape index (κ3) is 2.72. The number of carbonyl (C=O) groups is 1. The second-order valence-corrected chi connectivity index (χ2v) is 4.93. The molecule has 1 unspecified atom stereocenters. The molecule has 0 radical (unpaired) electrons. The third-order valence-electron chi connectivity index (χ3n) is 3.64. The van der Waals surface area contributed by atoms with Gasteiger partial charge in [0.15, 0.2) is 0 Å². The summed E-state index contributed by atoms with van der Waals surface area (Å²) in [4.78, 5) is 16.1. The first-order chi connectivity index (χ1) is 9.47. The van der Waals surface area contributed by atoms with E-state index in [-0.39, 0.29) is 5.91 Å². The molecule has 1 aliphatic heterocycles. The lowest BCUT2D eigenvalue weighted by Crippen LogP contribution is -2.45. The summed E-state index contributed by atoms with van der Waals surface area (Å²) in [6, 6.07) is 6.35. The SMILES string of the molecule is C=C1N(C)C(=O)c2cc(C)ccc2N1C(C)CC.CC. The van der Waals surface area contributed by atoms with Gasteiger partial charge in [0.05, 0.1) is 11.3 Å². The van der Waals surface area contributed by atoms with E-state index in [9.17, 15) is 4.79 Å². The molecule has 0 fully saturated rings. The van der Waals surface area contributed by atoms with Crippen molar-refractivity contribution in [2.45, 2.75) is 47.1 Å². The molecule has 1 amide bonds. The van der Waals surface area contributed by atoms with Crippen LogP contribution in [0.25, 0.3) is 0 Å². The molecule has 1 aromatic rings. The van der Waals surface area contributed by atoms with Crippen molar-refractivity contribution < 1.29 is 4.79 Å². The topological polar surface area (TPSA) is 23.6 Å². The van der Waals surface area contributed by atoms with Crippen LogP contribution in [0.15, 0.2) is 30.6 Å². The Bertz CT molecular complexity index is 508. The lowest BCUT2D eigenvalue weighted by molar-refractivity contribution is 0.0823. The Morgan fingerprint density at radius 3 is 2.45 bits per heavy atom. The van der Waals surface area contributed by atoms with E-state index in [2.05, 4.69) is 25.3 Å². The van der Waals surface area contributed by atoms with Crippen LogP contribution in [-0.2, 0) is 0 Å². The van der Waals surface area contributed by atoms with Crippen LogP contribution in [0.2, 0.25) is 0 Å². The molecule has 1 aliphatic rings. The molecule has 0 N–H and O–H groups in total. The summed E-state index contributed by atoms with van der Waals surface area (Å²) in [5.74, 6) is 0.781. The number of hydrogen-bond acceptors (Lipinski definition) is 2. The molecular weight excluding hydrogens is 248 g/mol. The molecule has 2 rings (SSSR count). The first kappa shape index (κ1) is 16.3. The molecule has 1 heterocycles. The van der Waals surface area contributed by atoms with E-state index < -0.39 is 0 Å². The van der Waals surface area contributed by atoms with Crippen molar-refractivity contribution in [1.82, 2.24) is 4.90 Å². The first-order valence-electron chi connectivity index (χ1n) is 7.34. The Hall–Kier alpha value is -1.77. The minimum absolute atomic E-state index is 0.0262. The monoisotopic (exact) mass is 274 g/mol. The van der Waals surface area contributed by atoms with Gasteiger partial charge in [-0.05, 0) is 32.4 Å². The van der Waals surface area contributed by atoms with Gasteiger partial charge in [-0.3, -0.25) is 9.69 Å². The van der Waals surface area contributed by atoms with E-state index in [4.69, 9.17) is 0 Å². The molecule has 3 nitrogen and oxygen atoms in total. The average molecular weight is 274 g/mol. The standard InChI is InChI=1S/C15H20N2O.C2H6/c1-6-11(3)17-12(4)16(5)15(18)13-9-10(2)7-8-14(13)17;1-2/h7-9,11H,4,6H2,1-3,5H3;1-2H3. The molecule has 0 saturated heterocycles. The van der Waals surface area contributed by atoms with Crippen molar-refractivity contribution in [1.29, 1.82) is 0 Å². The molecular formula is C17H26N2O. The van der Waals surface area contributed by atoms with Crippen LogP contribution in [0, 0.1) is 6.92 Å². The van der Waals surface area contributed by atoms with Gasteiger partial charge in [0.25, 0.3) is 5.91 Å². The molecule has 0 aliphatic carbocycles. The van der Waals surface area contributed by atoms with E-state index >= 15 is 0 Å². The van der Waals surface area contributed by atoms with Gasteiger partial charge in [0.1, 0.15) is 5.82 Å². The molecule has 0 saturated carbocycles. The summed E-state index contributed by atoms with van der Waals surface area (Å²) in [6.45, 7) is 14.3. The highest BCUT2D eigenvalue weighted by atomic mass is 16.2. The zero-order valence-corrected chi connectivity index (χ0v) is 13.5. The number of nitrogens with zero attached hydrogens (tertiary/aromatic N) is 2. The van der Waals surface area contributed by atoms with E-state index in [1.807, 2.05) is 39.0 Å². The van der Waals surface area contributed by atoms with Gasteiger partial charge >= 0.3 is 0 Å². The molecule has 110 valence electrons. The lowest BCUT2D eigenvalue weighted by Gasteiger charge is -2.41. The minimum Gasteiger partial charge on any atom is -0.325 e. The minimum atomic E-state index is 0.0262. The van der Waals surface area contributed by atoms with E-state index in [0.29, 0.717) is 6.04 Å². The highest BCUT2D eigenvalue weighted by Crippen LogP contribution is 2.34. The summed E-state index contributed by atoms with van der Waals surface area (Å²) in [6.07, 6.45) is 1.01. The van der Waals surface area contributed by atoms with Crippen molar-refractivity contribution in [2.75, 3.05) is 11.9 Å². The number of aryl methyl sites for hydroxylation is 1. The number of anilines is 1. The number of carbonyl (C=O) groups excluding carboxylic acids is 1. The molecule has 20 heavy (non-hydrogen) atoms. The van der Waals surface area contributed by atoms with Gasteiger partial charge in [-0.25, -0.2) is 0 Å². The van der Waals surface area contributed by atoms with Crippen LogP contribution in [0.4, 0.5) is 5.69 Å². The van der Waals surface area contributed by atoms with Crippen LogP contribution in [-0.4, -0.2) is 23.9 Å². The van der Waals surface area contributed by atoms with Gasteiger partial charge in [-0.2, -0.15) is 0 Å². The van der Waals surface area contributed by atoms with Crippen molar-refractivity contribution in [2.24, 2.45) is 0 Å². The fourth-order valence-electron chi connectivity index (χ4n) is 2.30. The van der Waals surface area contributed by atoms with E-state index in [1.165, 1.54) is 0 Å². The predicted octanol–water partition coefficient (Wildman–Crippen LogP) is 4.18. The zero-order valence-electron chi connectivity index (χ0n) is 13.5. The largest absolute Gasteiger partial charge is 0.325 e. The summed E-state index contributed by atoms with van der Waals surface area (Å²) >= 11 is 0. The van der Waals surface area contributed by atoms with E-state index in [1.54, 1.807) is 11.9 Å². The lowest BCUT2D eigenvalue weighted by atomic mass is 10.0. The Kier molecular flexibility index (Phi) is 5.37. The fourth-order valence-corrected chi connectivity index (χ4v) is 2.30. The molecule has 3 heteroatoms. The molecule has 1 atom stereocenters. The van der Waals surface area contributed by atoms with Crippen molar-refractivity contribution in [3.05, 3.63) is 41.7 Å².